The Hall–Kier alpha value is 0.270. The van der Waals surface area contributed by atoms with E-state index < -0.39 is 0 Å². The van der Waals surface area contributed by atoms with E-state index in [1.54, 1.807) is 0 Å². The molecule has 2 nitrogen and oxygen atoms in total. The zero-order valence-corrected chi connectivity index (χ0v) is 7.66. The van der Waals surface area contributed by atoms with Gasteiger partial charge >= 0.3 is 0 Å². The topological polar surface area (TPSA) is 24.1 Å². The Kier molecular flexibility index (Phi) is 3.01. The molecule has 1 aliphatic rings. The first-order chi connectivity index (χ1) is 4.70. The molecule has 0 radical (unpaired) electrons. The molecule has 0 bridgehead atoms. The second-order valence-corrected chi connectivity index (χ2v) is 4.36. The molecule has 10 heavy (non-hydrogen) atoms. The Bertz CT molecular complexity index is 97.8. The summed E-state index contributed by atoms with van der Waals surface area (Å²) in [5.41, 5.74) is 6.52. The largest absolute Gasteiger partial charge is 0.253 e. The standard InChI is InChI=1S/C7H16N2S/c1-5(2)7-9-8-6(3)4-10-7/h5-9H,4H2,1-3H3/t6-,7+/m1/s1. The van der Waals surface area contributed by atoms with E-state index in [2.05, 4.69) is 31.6 Å². The first kappa shape index (κ1) is 8.37. The molecule has 2 N–H and O–H groups in total. The SMILES string of the molecule is CC(C)[C@H]1NN[C@H](C)CS1. The van der Waals surface area contributed by atoms with Crippen molar-refractivity contribution in [3.63, 3.8) is 0 Å². The molecule has 2 atom stereocenters. The molecule has 0 aromatic carbocycles. The molecule has 1 heterocycles. The summed E-state index contributed by atoms with van der Waals surface area (Å²) in [6.07, 6.45) is 0. The van der Waals surface area contributed by atoms with Crippen molar-refractivity contribution in [3.05, 3.63) is 0 Å². The fourth-order valence-electron chi connectivity index (χ4n) is 0.915. The summed E-state index contributed by atoms with van der Waals surface area (Å²) in [6.45, 7) is 6.67. The van der Waals surface area contributed by atoms with E-state index in [9.17, 15) is 0 Å². The molecular weight excluding hydrogens is 144 g/mol. The van der Waals surface area contributed by atoms with Gasteiger partial charge in [0.2, 0.25) is 0 Å². The van der Waals surface area contributed by atoms with Crippen molar-refractivity contribution in [2.75, 3.05) is 5.75 Å². The molecular formula is C7H16N2S. The summed E-state index contributed by atoms with van der Waals surface area (Å²) in [5.74, 6) is 1.93. The summed E-state index contributed by atoms with van der Waals surface area (Å²) in [6, 6.07) is 0.611. The molecule has 3 heteroatoms. The number of nitrogens with one attached hydrogen (secondary N) is 2. The molecule has 1 rings (SSSR count). The first-order valence-electron chi connectivity index (χ1n) is 3.83. The minimum Gasteiger partial charge on any atom is -0.253 e. The molecule has 0 saturated carbocycles. The van der Waals surface area contributed by atoms with Gasteiger partial charge in [0.05, 0.1) is 5.37 Å². The molecule has 1 aliphatic heterocycles. The molecule has 0 spiro atoms. The van der Waals surface area contributed by atoms with E-state index in [1.807, 2.05) is 11.8 Å². The van der Waals surface area contributed by atoms with Gasteiger partial charge in [-0.2, -0.15) is 0 Å². The van der Waals surface area contributed by atoms with Gasteiger partial charge in [0.1, 0.15) is 0 Å². The summed E-state index contributed by atoms with van der Waals surface area (Å²) in [4.78, 5) is 0. The third-order valence-corrected chi connectivity index (χ3v) is 3.32. The second kappa shape index (κ2) is 3.60. The number of hydrazine groups is 1. The second-order valence-electron chi connectivity index (χ2n) is 3.19. The van der Waals surface area contributed by atoms with E-state index in [0.717, 1.165) is 0 Å². The molecule has 0 aliphatic carbocycles. The minimum absolute atomic E-state index is 0.594. The van der Waals surface area contributed by atoms with Crippen LogP contribution in [0.4, 0.5) is 0 Å². The fraction of sp³-hybridized carbons (Fsp3) is 1.00. The lowest BCUT2D eigenvalue weighted by Gasteiger charge is -2.30. The molecule has 0 amide bonds. The van der Waals surface area contributed by atoms with Crippen LogP contribution in [-0.4, -0.2) is 17.2 Å². The van der Waals surface area contributed by atoms with Crippen molar-refractivity contribution in [3.8, 4) is 0 Å². The third kappa shape index (κ3) is 2.15. The van der Waals surface area contributed by atoms with Gasteiger partial charge in [0.15, 0.2) is 0 Å². The highest BCUT2D eigenvalue weighted by molar-refractivity contribution is 7.99. The lowest BCUT2D eigenvalue weighted by molar-refractivity contribution is 0.393. The highest BCUT2D eigenvalue weighted by atomic mass is 32.2. The highest BCUT2D eigenvalue weighted by Crippen LogP contribution is 2.19. The maximum Gasteiger partial charge on any atom is 0.0689 e. The van der Waals surface area contributed by atoms with Crippen LogP contribution in [0.5, 0.6) is 0 Å². The van der Waals surface area contributed by atoms with E-state index >= 15 is 0 Å². The van der Waals surface area contributed by atoms with Gasteiger partial charge in [-0.15, -0.1) is 11.8 Å². The van der Waals surface area contributed by atoms with Crippen LogP contribution in [0, 0.1) is 5.92 Å². The van der Waals surface area contributed by atoms with E-state index in [-0.39, 0.29) is 0 Å². The average molecular weight is 160 g/mol. The van der Waals surface area contributed by atoms with E-state index in [1.165, 1.54) is 5.75 Å². The Labute approximate surface area is 67.1 Å². The Balaban J connectivity index is 2.26. The van der Waals surface area contributed by atoms with Crippen LogP contribution < -0.4 is 10.9 Å². The number of rotatable bonds is 1. The van der Waals surface area contributed by atoms with Crippen LogP contribution in [0.2, 0.25) is 0 Å². The lowest BCUT2D eigenvalue weighted by Crippen LogP contribution is -2.51. The van der Waals surface area contributed by atoms with Gasteiger partial charge in [-0.1, -0.05) is 13.8 Å². The Morgan fingerprint density at radius 3 is 2.50 bits per heavy atom. The normalized spacial score (nSPS) is 34.8. The first-order valence-corrected chi connectivity index (χ1v) is 4.87. The zero-order valence-electron chi connectivity index (χ0n) is 6.85. The highest BCUT2D eigenvalue weighted by Gasteiger charge is 2.19. The molecule has 0 unspecified atom stereocenters. The smallest absolute Gasteiger partial charge is 0.0689 e. The molecule has 1 fully saturated rings. The van der Waals surface area contributed by atoms with Crippen molar-refractivity contribution >= 4 is 11.8 Å². The predicted molar refractivity (Wildman–Crippen MR) is 46.8 cm³/mol. The van der Waals surface area contributed by atoms with Gasteiger partial charge in [-0.25, -0.2) is 5.43 Å². The predicted octanol–water partition coefficient (Wildman–Crippen LogP) is 1.20. The average Bonchev–Trinajstić information content (AvgIpc) is 1.88. The van der Waals surface area contributed by atoms with Gasteiger partial charge in [-0.05, 0) is 12.8 Å². The number of hydrogen-bond acceptors (Lipinski definition) is 3. The van der Waals surface area contributed by atoms with Crippen LogP contribution in [0.1, 0.15) is 20.8 Å². The number of thioether (sulfide) groups is 1. The van der Waals surface area contributed by atoms with Crippen LogP contribution >= 0.6 is 11.8 Å². The van der Waals surface area contributed by atoms with Gasteiger partial charge in [0, 0.05) is 11.8 Å². The van der Waals surface area contributed by atoms with Gasteiger partial charge in [0.25, 0.3) is 0 Å². The van der Waals surface area contributed by atoms with Crippen LogP contribution in [0.25, 0.3) is 0 Å². The molecule has 0 aromatic rings. The van der Waals surface area contributed by atoms with Crippen molar-refractivity contribution in [2.45, 2.75) is 32.2 Å². The fourth-order valence-corrected chi connectivity index (χ4v) is 2.03. The maximum absolute atomic E-state index is 3.28. The quantitative estimate of drug-likeness (QED) is 0.602. The molecule has 60 valence electrons. The molecule has 0 aromatic heterocycles. The van der Waals surface area contributed by atoms with Crippen LogP contribution in [-0.2, 0) is 0 Å². The van der Waals surface area contributed by atoms with Crippen molar-refractivity contribution < 1.29 is 0 Å². The lowest BCUT2D eigenvalue weighted by atomic mass is 10.2. The number of hydrogen-bond donors (Lipinski definition) is 2. The zero-order chi connectivity index (χ0) is 7.56. The van der Waals surface area contributed by atoms with Crippen molar-refractivity contribution in [1.82, 2.24) is 10.9 Å². The summed E-state index contributed by atoms with van der Waals surface area (Å²) in [5, 5.41) is 0.594. The van der Waals surface area contributed by atoms with Gasteiger partial charge in [-0.3, -0.25) is 5.43 Å². The van der Waals surface area contributed by atoms with Crippen molar-refractivity contribution in [1.29, 1.82) is 0 Å². The van der Waals surface area contributed by atoms with E-state index in [4.69, 9.17) is 0 Å². The third-order valence-electron chi connectivity index (χ3n) is 1.60. The van der Waals surface area contributed by atoms with E-state index in [0.29, 0.717) is 17.3 Å². The Morgan fingerprint density at radius 1 is 1.40 bits per heavy atom. The summed E-state index contributed by atoms with van der Waals surface area (Å²) in [7, 11) is 0. The summed E-state index contributed by atoms with van der Waals surface area (Å²) < 4.78 is 0. The monoisotopic (exact) mass is 160 g/mol. The maximum atomic E-state index is 3.28. The minimum atomic E-state index is 0.594. The summed E-state index contributed by atoms with van der Waals surface area (Å²) >= 11 is 2.01. The van der Waals surface area contributed by atoms with Gasteiger partial charge < -0.3 is 0 Å². The van der Waals surface area contributed by atoms with Crippen molar-refractivity contribution in [2.24, 2.45) is 5.92 Å². The van der Waals surface area contributed by atoms with Crippen LogP contribution in [0.15, 0.2) is 0 Å². The molecule has 1 saturated heterocycles. The Morgan fingerprint density at radius 2 is 2.10 bits per heavy atom. The van der Waals surface area contributed by atoms with Crippen LogP contribution in [0.3, 0.4) is 0 Å².